The molecule has 5 heteroatoms. The Morgan fingerprint density at radius 3 is 2.75 bits per heavy atom. The van der Waals surface area contributed by atoms with E-state index >= 15 is 0 Å². The zero-order valence-corrected chi connectivity index (χ0v) is 12.1. The maximum Gasteiger partial charge on any atom is 0.167 e. The minimum Gasteiger partial charge on any atom is -0.491 e. The third-order valence-corrected chi connectivity index (χ3v) is 3.20. The molecule has 0 aliphatic rings. The molecule has 0 radical (unpaired) electrons. The number of anilines is 3. The second-order valence-electron chi connectivity index (χ2n) is 4.36. The molecule has 0 unspecified atom stereocenters. The van der Waals surface area contributed by atoms with E-state index < -0.39 is 5.82 Å². The van der Waals surface area contributed by atoms with Gasteiger partial charge in [-0.2, -0.15) is 0 Å². The van der Waals surface area contributed by atoms with Crippen molar-refractivity contribution >= 4 is 28.7 Å². The zero-order valence-electron chi connectivity index (χ0n) is 11.3. The lowest BCUT2D eigenvalue weighted by Crippen LogP contribution is -2.02. The molecule has 0 atom stereocenters. The predicted molar refractivity (Wildman–Crippen MR) is 81.5 cm³/mol. The Hall–Kier alpha value is -1.94. The number of rotatable bonds is 4. The molecular weight excluding hydrogens is 279 g/mol. The third-order valence-electron chi connectivity index (χ3n) is 2.89. The highest BCUT2D eigenvalue weighted by molar-refractivity contribution is 6.33. The Kier molecular flexibility index (Phi) is 4.35. The molecule has 2 aromatic carbocycles. The third kappa shape index (κ3) is 2.96. The standard InChI is InChI=1S/C15H16ClFN2O/c1-3-20-14-8-13(12(18)7-11(14)17)19-15-9(2)5-4-6-10(15)16/h4-8,19H,3,18H2,1-2H3. The molecule has 3 nitrogen and oxygen atoms in total. The van der Waals surface area contributed by atoms with Gasteiger partial charge in [0.25, 0.3) is 0 Å². The minimum atomic E-state index is -0.481. The smallest absolute Gasteiger partial charge is 0.167 e. The van der Waals surface area contributed by atoms with E-state index in [0.717, 1.165) is 11.3 Å². The van der Waals surface area contributed by atoms with Gasteiger partial charge in [0.15, 0.2) is 11.6 Å². The lowest BCUT2D eigenvalue weighted by atomic mass is 10.1. The van der Waals surface area contributed by atoms with Crippen molar-refractivity contribution in [2.24, 2.45) is 0 Å². The molecule has 0 bridgehead atoms. The summed E-state index contributed by atoms with van der Waals surface area (Å²) in [7, 11) is 0. The van der Waals surface area contributed by atoms with Crippen LogP contribution in [0.3, 0.4) is 0 Å². The number of nitrogens with one attached hydrogen (secondary N) is 1. The number of ether oxygens (including phenoxy) is 1. The molecule has 20 heavy (non-hydrogen) atoms. The van der Waals surface area contributed by atoms with E-state index in [9.17, 15) is 4.39 Å². The number of hydrogen-bond donors (Lipinski definition) is 2. The van der Waals surface area contributed by atoms with Crippen molar-refractivity contribution in [2.45, 2.75) is 13.8 Å². The summed E-state index contributed by atoms with van der Waals surface area (Å²) in [6.45, 7) is 4.10. The van der Waals surface area contributed by atoms with Crippen LogP contribution in [0, 0.1) is 12.7 Å². The molecule has 0 heterocycles. The summed E-state index contributed by atoms with van der Waals surface area (Å²) in [4.78, 5) is 0. The Morgan fingerprint density at radius 1 is 1.35 bits per heavy atom. The SMILES string of the molecule is CCOc1cc(Nc2c(C)cccc2Cl)c(N)cc1F. The highest BCUT2D eigenvalue weighted by atomic mass is 35.5. The molecule has 3 N–H and O–H groups in total. The molecule has 0 fully saturated rings. The molecule has 0 spiro atoms. The molecule has 0 saturated carbocycles. The first-order chi connectivity index (χ1) is 9.52. The van der Waals surface area contributed by atoms with Gasteiger partial charge in [0.2, 0.25) is 0 Å². The Bertz CT molecular complexity index is 611. The molecule has 0 aliphatic carbocycles. The van der Waals surface area contributed by atoms with Crippen molar-refractivity contribution in [2.75, 3.05) is 17.7 Å². The molecule has 0 aromatic heterocycles. The highest BCUT2D eigenvalue weighted by Crippen LogP contribution is 2.34. The van der Waals surface area contributed by atoms with Gasteiger partial charge in [-0.1, -0.05) is 23.7 Å². The summed E-state index contributed by atoms with van der Waals surface area (Å²) in [6.07, 6.45) is 0. The minimum absolute atomic E-state index is 0.161. The van der Waals surface area contributed by atoms with Gasteiger partial charge in [-0.15, -0.1) is 0 Å². The molecule has 2 rings (SSSR count). The van der Waals surface area contributed by atoms with Gasteiger partial charge < -0.3 is 15.8 Å². The number of benzene rings is 2. The van der Waals surface area contributed by atoms with Crippen LogP contribution in [-0.2, 0) is 0 Å². The first-order valence-corrected chi connectivity index (χ1v) is 6.64. The fourth-order valence-corrected chi connectivity index (χ4v) is 2.14. The molecule has 2 aromatic rings. The van der Waals surface area contributed by atoms with Crippen LogP contribution in [0.5, 0.6) is 5.75 Å². The van der Waals surface area contributed by atoms with Gasteiger partial charge in [-0.25, -0.2) is 4.39 Å². The quantitative estimate of drug-likeness (QED) is 0.816. The number of nitrogen functional groups attached to an aromatic ring is 1. The van der Waals surface area contributed by atoms with E-state index in [1.54, 1.807) is 13.0 Å². The lowest BCUT2D eigenvalue weighted by Gasteiger charge is -2.15. The zero-order chi connectivity index (χ0) is 14.7. The second-order valence-corrected chi connectivity index (χ2v) is 4.77. The van der Waals surface area contributed by atoms with Crippen molar-refractivity contribution < 1.29 is 9.13 Å². The normalized spacial score (nSPS) is 10.4. The molecule has 0 amide bonds. The monoisotopic (exact) mass is 294 g/mol. The van der Waals surface area contributed by atoms with Crippen molar-refractivity contribution in [3.8, 4) is 5.75 Å². The van der Waals surface area contributed by atoms with Crippen LogP contribution >= 0.6 is 11.6 Å². The van der Waals surface area contributed by atoms with Crippen LogP contribution in [0.25, 0.3) is 0 Å². The second kappa shape index (κ2) is 6.01. The number of aryl methyl sites for hydroxylation is 1. The van der Waals surface area contributed by atoms with Crippen LogP contribution in [0.4, 0.5) is 21.5 Å². The summed E-state index contributed by atoms with van der Waals surface area (Å²) in [5.41, 5.74) is 8.41. The van der Waals surface area contributed by atoms with E-state index in [1.807, 2.05) is 19.1 Å². The Balaban J connectivity index is 2.40. The number of nitrogens with two attached hydrogens (primary N) is 1. The number of halogens is 2. The Morgan fingerprint density at radius 2 is 2.10 bits per heavy atom. The van der Waals surface area contributed by atoms with E-state index in [-0.39, 0.29) is 5.75 Å². The first kappa shape index (κ1) is 14.5. The van der Waals surface area contributed by atoms with E-state index in [1.165, 1.54) is 12.1 Å². The van der Waals surface area contributed by atoms with Crippen molar-refractivity contribution in [1.29, 1.82) is 0 Å². The topological polar surface area (TPSA) is 47.3 Å². The van der Waals surface area contributed by atoms with E-state index in [4.69, 9.17) is 22.1 Å². The first-order valence-electron chi connectivity index (χ1n) is 6.27. The van der Waals surface area contributed by atoms with E-state index in [0.29, 0.717) is 23.0 Å². The highest BCUT2D eigenvalue weighted by Gasteiger charge is 2.11. The largest absolute Gasteiger partial charge is 0.491 e. The van der Waals surface area contributed by atoms with Crippen molar-refractivity contribution in [1.82, 2.24) is 0 Å². The van der Waals surface area contributed by atoms with E-state index in [2.05, 4.69) is 5.32 Å². The van der Waals surface area contributed by atoms with Gasteiger partial charge in [-0.3, -0.25) is 0 Å². The van der Waals surface area contributed by atoms with Crippen LogP contribution in [0.2, 0.25) is 5.02 Å². The molecule has 0 saturated heterocycles. The maximum absolute atomic E-state index is 13.7. The molecule has 0 aliphatic heterocycles. The fraction of sp³-hybridized carbons (Fsp3) is 0.200. The fourth-order valence-electron chi connectivity index (χ4n) is 1.87. The molecular formula is C15H16ClFN2O. The van der Waals surface area contributed by atoms with Gasteiger partial charge in [-0.05, 0) is 25.5 Å². The van der Waals surface area contributed by atoms with Gasteiger partial charge >= 0.3 is 0 Å². The molecule has 106 valence electrons. The van der Waals surface area contributed by atoms with Crippen molar-refractivity contribution in [3.63, 3.8) is 0 Å². The summed E-state index contributed by atoms with van der Waals surface area (Å²) < 4.78 is 18.9. The summed E-state index contributed by atoms with van der Waals surface area (Å²) >= 11 is 6.16. The Labute approximate surface area is 122 Å². The summed E-state index contributed by atoms with van der Waals surface area (Å²) in [6, 6.07) is 8.34. The van der Waals surface area contributed by atoms with Crippen molar-refractivity contribution in [3.05, 3.63) is 46.7 Å². The van der Waals surface area contributed by atoms with Crippen LogP contribution in [0.15, 0.2) is 30.3 Å². The lowest BCUT2D eigenvalue weighted by molar-refractivity contribution is 0.322. The van der Waals surface area contributed by atoms with Gasteiger partial charge in [0.1, 0.15) is 0 Å². The average molecular weight is 295 g/mol. The predicted octanol–water partition coefficient (Wildman–Crippen LogP) is 4.51. The van der Waals surface area contributed by atoms with Crippen LogP contribution in [-0.4, -0.2) is 6.61 Å². The van der Waals surface area contributed by atoms with Crippen LogP contribution in [0.1, 0.15) is 12.5 Å². The van der Waals surface area contributed by atoms with Crippen LogP contribution < -0.4 is 15.8 Å². The maximum atomic E-state index is 13.7. The number of hydrogen-bond acceptors (Lipinski definition) is 3. The average Bonchev–Trinajstić information content (AvgIpc) is 2.39. The number of para-hydroxylation sites is 1. The van der Waals surface area contributed by atoms with Gasteiger partial charge in [0.05, 0.1) is 28.7 Å². The summed E-state index contributed by atoms with van der Waals surface area (Å²) in [5.74, 6) is -0.320. The van der Waals surface area contributed by atoms with Gasteiger partial charge in [0, 0.05) is 12.1 Å². The summed E-state index contributed by atoms with van der Waals surface area (Å²) in [5, 5.41) is 3.71.